The van der Waals surface area contributed by atoms with Crippen molar-refractivity contribution >= 4 is 33.6 Å². The Hall–Kier alpha value is -3.24. The smallest absolute Gasteiger partial charge is 0.325 e. The summed E-state index contributed by atoms with van der Waals surface area (Å²) in [7, 11) is -3.83. The number of hydrogen-bond acceptors (Lipinski definition) is 5. The van der Waals surface area contributed by atoms with Gasteiger partial charge in [-0.25, -0.2) is 18.4 Å². The fourth-order valence-electron chi connectivity index (χ4n) is 2.95. The summed E-state index contributed by atoms with van der Waals surface area (Å²) in [6.07, 6.45) is 1.05. The molecule has 0 radical (unpaired) electrons. The largest absolute Gasteiger partial charge is 0.326 e. The van der Waals surface area contributed by atoms with E-state index in [0.717, 1.165) is 10.5 Å². The molecule has 1 atom stereocenters. The van der Waals surface area contributed by atoms with Crippen molar-refractivity contribution in [3.05, 3.63) is 60.2 Å². The Kier molecular flexibility index (Phi) is 5.95. The van der Waals surface area contributed by atoms with Gasteiger partial charge in [-0.15, -0.1) is 0 Å². The minimum absolute atomic E-state index is 0.0918. The van der Waals surface area contributed by atoms with Crippen molar-refractivity contribution in [2.24, 2.45) is 5.14 Å². The SMILES string of the molecule is NS(=O)(=O)c1ccc(NC(=O)CN2C(=O)NC(CCc3ccccc3)C2=O)cc1. The number of carbonyl (C=O) groups is 3. The molecule has 0 aliphatic carbocycles. The van der Waals surface area contributed by atoms with E-state index >= 15 is 0 Å². The van der Waals surface area contributed by atoms with Crippen LogP contribution in [0.2, 0.25) is 0 Å². The molecule has 9 nitrogen and oxygen atoms in total. The molecule has 1 aliphatic heterocycles. The first-order chi connectivity index (χ1) is 13.7. The van der Waals surface area contributed by atoms with Gasteiger partial charge < -0.3 is 10.6 Å². The summed E-state index contributed by atoms with van der Waals surface area (Å²) >= 11 is 0. The van der Waals surface area contributed by atoms with Crippen LogP contribution in [0.1, 0.15) is 12.0 Å². The van der Waals surface area contributed by atoms with Gasteiger partial charge in [0.05, 0.1) is 4.90 Å². The minimum atomic E-state index is -3.83. The molecule has 2 aromatic rings. The lowest BCUT2D eigenvalue weighted by atomic mass is 10.1. The minimum Gasteiger partial charge on any atom is -0.326 e. The first-order valence-electron chi connectivity index (χ1n) is 8.82. The number of rotatable bonds is 7. The number of benzene rings is 2. The lowest BCUT2D eigenvalue weighted by Crippen LogP contribution is -2.38. The second kappa shape index (κ2) is 8.41. The van der Waals surface area contributed by atoms with Gasteiger partial charge in [-0.1, -0.05) is 30.3 Å². The Morgan fingerprint density at radius 2 is 1.72 bits per heavy atom. The summed E-state index contributed by atoms with van der Waals surface area (Å²) in [4.78, 5) is 37.5. The number of nitrogens with one attached hydrogen (secondary N) is 2. The van der Waals surface area contributed by atoms with E-state index in [9.17, 15) is 22.8 Å². The second-order valence-electron chi connectivity index (χ2n) is 6.57. The zero-order valence-corrected chi connectivity index (χ0v) is 16.2. The van der Waals surface area contributed by atoms with Gasteiger partial charge in [0.25, 0.3) is 5.91 Å². The molecule has 1 fully saturated rings. The summed E-state index contributed by atoms with van der Waals surface area (Å²) in [6.45, 7) is -0.441. The first kappa shape index (κ1) is 20.5. The van der Waals surface area contributed by atoms with E-state index in [2.05, 4.69) is 10.6 Å². The van der Waals surface area contributed by atoms with Crippen molar-refractivity contribution in [2.75, 3.05) is 11.9 Å². The van der Waals surface area contributed by atoms with Gasteiger partial charge in [0.2, 0.25) is 15.9 Å². The van der Waals surface area contributed by atoms with Gasteiger partial charge in [0.1, 0.15) is 12.6 Å². The maximum Gasteiger partial charge on any atom is 0.325 e. The molecule has 2 aromatic carbocycles. The van der Waals surface area contributed by atoms with Crippen LogP contribution in [-0.2, 0) is 26.0 Å². The van der Waals surface area contributed by atoms with Crippen molar-refractivity contribution in [1.29, 1.82) is 0 Å². The predicted molar refractivity (Wildman–Crippen MR) is 105 cm³/mol. The number of nitrogens with two attached hydrogens (primary N) is 1. The third-order valence-electron chi connectivity index (χ3n) is 4.44. The Bertz CT molecular complexity index is 1020. The van der Waals surface area contributed by atoms with Crippen molar-refractivity contribution < 1.29 is 22.8 Å². The molecule has 4 amide bonds. The molecule has 1 saturated heterocycles. The topological polar surface area (TPSA) is 139 Å². The Morgan fingerprint density at radius 3 is 2.34 bits per heavy atom. The molecule has 152 valence electrons. The van der Waals surface area contributed by atoms with Crippen LogP contribution in [0.25, 0.3) is 0 Å². The number of primary sulfonamides is 1. The number of anilines is 1. The van der Waals surface area contributed by atoms with Gasteiger partial charge in [-0.05, 0) is 42.7 Å². The Labute approximate surface area is 167 Å². The summed E-state index contributed by atoms with van der Waals surface area (Å²) in [5.41, 5.74) is 1.36. The molecular weight excluding hydrogens is 396 g/mol. The number of aryl methyl sites for hydroxylation is 1. The van der Waals surface area contributed by atoms with Crippen LogP contribution in [0.15, 0.2) is 59.5 Å². The van der Waals surface area contributed by atoms with Crippen molar-refractivity contribution in [3.8, 4) is 0 Å². The molecule has 29 heavy (non-hydrogen) atoms. The Balaban J connectivity index is 1.56. The third kappa shape index (κ3) is 5.18. The Morgan fingerprint density at radius 1 is 1.07 bits per heavy atom. The lowest BCUT2D eigenvalue weighted by molar-refractivity contribution is -0.130. The number of sulfonamides is 1. The molecular formula is C19H20N4O5S. The van der Waals surface area contributed by atoms with Gasteiger partial charge in [0, 0.05) is 5.69 Å². The first-order valence-corrected chi connectivity index (χ1v) is 10.4. The van der Waals surface area contributed by atoms with E-state index in [1.165, 1.54) is 24.3 Å². The summed E-state index contributed by atoms with van der Waals surface area (Å²) in [6, 6.07) is 13.5. The van der Waals surface area contributed by atoms with Crippen LogP contribution in [0.5, 0.6) is 0 Å². The van der Waals surface area contributed by atoms with Gasteiger partial charge >= 0.3 is 6.03 Å². The average Bonchev–Trinajstić information content (AvgIpc) is 2.94. The van der Waals surface area contributed by atoms with Crippen molar-refractivity contribution in [2.45, 2.75) is 23.8 Å². The monoisotopic (exact) mass is 416 g/mol. The zero-order valence-electron chi connectivity index (χ0n) is 15.4. The number of carbonyl (C=O) groups excluding carboxylic acids is 3. The molecule has 1 unspecified atom stereocenters. The maximum absolute atomic E-state index is 12.5. The van der Waals surface area contributed by atoms with Crippen molar-refractivity contribution in [1.82, 2.24) is 10.2 Å². The van der Waals surface area contributed by atoms with Crippen LogP contribution in [0.3, 0.4) is 0 Å². The third-order valence-corrected chi connectivity index (χ3v) is 5.37. The zero-order chi connectivity index (χ0) is 21.0. The number of imide groups is 1. The van der Waals surface area contributed by atoms with E-state index in [1.54, 1.807) is 0 Å². The van der Waals surface area contributed by atoms with Crippen LogP contribution >= 0.6 is 0 Å². The molecule has 0 aromatic heterocycles. The van der Waals surface area contributed by atoms with Gasteiger partial charge in [-0.2, -0.15) is 0 Å². The van der Waals surface area contributed by atoms with E-state index in [1.807, 2.05) is 30.3 Å². The van der Waals surface area contributed by atoms with E-state index < -0.39 is 40.5 Å². The van der Waals surface area contributed by atoms with Gasteiger partial charge in [0.15, 0.2) is 0 Å². The summed E-state index contributed by atoms with van der Waals surface area (Å²) in [5, 5.41) is 10.1. The summed E-state index contributed by atoms with van der Waals surface area (Å²) in [5.74, 6) is -1.04. The normalized spacial score (nSPS) is 16.6. The quantitative estimate of drug-likeness (QED) is 0.574. The highest BCUT2D eigenvalue weighted by Gasteiger charge is 2.38. The maximum atomic E-state index is 12.5. The second-order valence-corrected chi connectivity index (χ2v) is 8.13. The van der Waals surface area contributed by atoms with E-state index in [0.29, 0.717) is 18.5 Å². The standard InChI is InChI=1S/C19H20N4O5S/c20-29(27,28)15-9-7-14(8-10-15)21-17(24)12-23-18(25)16(22-19(23)26)11-6-13-4-2-1-3-5-13/h1-5,7-10,16H,6,11-12H2,(H,21,24)(H,22,26)(H2,20,27,28). The van der Waals surface area contributed by atoms with Gasteiger partial charge in [-0.3, -0.25) is 14.5 Å². The number of urea groups is 1. The van der Waals surface area contributed by atoms with Crippen LogP contribution < -0.4 is 15.8 Å². The summed E-state index contributed by atoms with van der Waals surface area (Å²) < 4.78 is 22.5. The molecule has 10 heteroatoms. The molecule has 0 bridgehead atoms. The molecule has 3 rings (SSSR count). The fourth-order valence-corrected chi connectivity index (χ4v) is 3.47. The predicted octanol–water partition coefficient (Wildman–Crippen LogP) is 0.826. The highest BCUT2D eigenvalue weighted by Crippen LogP contribution is 2.15. The van der Waals surface area contributed by atoms with Crippen LogP contribution in [0.4, 0.5) is 10.5 Å². The number of hydrogen-bond donors (Lipinski definition) is 3. The average molecular weight is 416 g/mol. The number of nitrogens with zero attached hydrogens (tertiary/aromatic N) is 1. The molecule has 0 saturated carbocycles. The molecule has 0 spiro atoms. The van der Waals surface area contributed by atoms with Crippen LogP contribution in [-0.4, -0.2) is 43.7 Å². The lowest BCUT2D eigenvalue weighted by Gasteiger charge is -2.13. The molecule has 1 aliphatic rings. The molecule has 4 N–H and O–H groups in total. The highest BCUT2D eigenvalue weighted by atomic mass is 32.2. The van der Waals surface area contributed by atoms with E-state index in [-0.39, 0.29) is 4.90 Å². The highest BCUT2D eigenvalue weighted by molar-refractivity contribution is 7.89. The van der Waals surface area contributed by atoms with Crippen LogP contribution in [0, 0.1) is 0 Å². The fraction of sp³-hybridized carbons (Fsp3) is 0.211. The number of amides is 4. The molecule has 1 heterocycles. The van der Waals surface area contributed by atoms with E-state index in [4.69, 9.17) is 5.14 Å². The van der Waals surface area contributed by atoms with Crippen molar-refractivity contribution in [3.63, 3.8) is 0 Å².